The summed E-state index contributed by atoms with van der Waals surface area (Å²) in [5, 5.41) is 0. The van der Waals surface area contributed by atoms with Gasteiger partial charge in [0.2, 0.25) is 5.88 Å². The molecule has 1 fully saturated rings. The molecule has 0 amide bonds. The van der Waals surface area contributed by atoms with Crippen LogP contribution in [0.1, 0.15) is 32.3 Å². The minimum Gasteiger partial charge on any atom is -0.470 e. The number of piperidine rings is 1. The summed E-state index contributed by atoms with van der Waals surface area (Å²) in [4.78, 5) is 6.86. The summed E-state index contributed by atoms with van der Waals surface area (Å²) in [6, 6.07) is 4.80. The molecule has 3 heteroatoms. The van der Waals surface area contributed by atoms with E-state index in [0.29, 0.717) is 6.04 Å². The third-order valence-electron chi connectivity index (χ3n) is 4.12. The Morgan fingerprint density at radius 3 is 2.76 bits per heavy atom. The molecule has 3 rings (SSSR count). The summed E-state index contributed by atoms with van der Waals surface area (Å²) in [6.07, 6.45) is 5.12. The second-order valence-corrected chi connectivity index (χ2v) is 5.56. The van der Waals surface area contributed by atoms with Crippen LogP contribution in [0, 0.1) is 0 Å². The summed E-state index contributed by atoms with van der Waals surface area (Å²) >= 11 is 0. The summed E-state index contributed by atoms with van der Waals surface area (Å²) in [5.41, 5.74) is 1.33. The molecule has 0 aliphatic carbocycles. The molecule has 1 spiro atoms. The van der Waals surface area contributed by atoms with Crippen molar-refractivity contribution in [2.45, 2.75) is 44.8 Å². The van der Waals surface area contributed by atoms with E-state index in [0.717, 1.165) is 38.2 Å². The molecule has 0 aromatic carbocycles. The summed E-state index contributed by atoms with van der Waals surface area (Å²) in [5.74, 6) is 0.866. The van der Waals surface area contributed by atoms with Gasteiger partial charge in [0.1, 0.15) is 5.60 Å². The first-order valence-electron chi connectivity index (χ1n) is 6.55. The number of ether oxygens (including phenoxy) is 1. The minimum atomic E-state index is 0.0437. The fraction of sp³-hybridized carbons (Fsp3) is 0.643. The van der Waals surface area contributed by atoms with Gasteiger partial charge in [-0.1, -0.05) is 6.07 Å². The van der Waals surface area contributed by atoms with Crippen molar-refractivity contribution in [3.8, 4) is 5.88 Å². The van der Waals surface area contributed by atoms with Crippen LogP contribution in [0.4, 0.5) is 0 Å². The number of likely N-dealkylation sites (tertiary alicyclic amines) is 1. The van der Waals surface area contributed by atoms with Crippen LogP contribution in [0.15, 0.2) is 18.3 Å². The van der Waals surface area contributed by atoms with Crippen molar-refractivity contribution in [1.82, 2.24) is 9.88 Å². The van der Waals surface area contributed by atoms with E-state index in [-0.39, 0.29) is 5.60 Å². The number of fused-ring (bicyclic) bond motifs is 1. The molecule has 2 aliphatic heterocycles. The topological polar surface area (TPSA) is 25.4 Å². The zero-order chi connectivity index (χ0) is 11.9. The maximum absolute atomic E-state index is 6.13. The third-order valence-corrected chi connectivity index (χ3v) is 4.12. The number of aromatic nitrogens is 1. The second kappa shape index (κ2) is 3.98. The number of hydrogen-bond donors (Lipinski definition) is 0. The molecule has 3 nitrogen and oxygen atoms in total. The number of nitrogens with zero attached hydrogens (tertiary/aromatic N) is 2. The van der Waals surface area contributed by atoms with Crippen molar-refractivity contribution >= 4 is 0 Å². The van der Waals surface area contributed by atoms with Gasteiger partial charge in [-0.2, -0.15) is 0 Å². The highest BCUT2D eigenvalue weighted by atomic mass is 16.5. The highest BCUT2D eigenvalue weighted by Crippen LogP contribution is 2.39. The van der Waals surface area contributed by atoms with Gasteiger partial charge in [-0.05, 0) is 19.9 Å². The van der Waals surface area contributed by atoms with Gasteiger partial charge in [0.05, 0.1) is 0 Å². The first-order valence-corrected chi connectivity index (χ1v) is 6.55. The van der Waals surface area contributed by atoms with Crippen molar-refractivity contribution in [3.05, 3.63) is 23.9 Å². The molecule has 0 saturated carbocycles. The van der Waals surface area contributed by atoms with E-state index in [1.807, 2.05) is 12.3 Å². The molecule has 0 atom stereocenters. The average molecular weight is 232 g/mol. The highest BCUT2D eigenvalue weighted by Gasteiger charge is 2.42. The average Bonchev–Trinajstić information content (AvgIpc) is 2.67. The molecule has 0 bridgehead atoms. The van der Waals surface area contributed by atoms with Crippen molar-refractivity contribution < 1.29 is 4.74 Å². The van der Waals surface area contributed by atoms with E-state index in [2.05, 4.69) is 29.8 Å². The Morgan fingerprint density at radius 1 is 1.35 bits per heavy atom. The van der Waals surface area contributed by atoms with Crippen LogP contribution in [0.3, 0.4) is 0 Å². The van der Waals surface area contributed by atoms with Gasteiger partial charge in [0, 0.05) is 50.2 Å². The molecule has 0 unspecified atom stereocenters. The number of hydrogen-bond acceptors (Lipinski definition) is 3. The minimum absolute atomic E-state index is 0.0437. The lowest BCUT2D eigenvalue weighted by atomic mass is 9.87. The predicted octanol–water partition coefficient (Wildman–Crippen LogP) is 2.26. The van der Waals surface area contributed by atoms with Gasteiger partial charge in [0.25, 0.3) is 0 Å². The smallest absolute Gasteiger partial charge is 0.217 e. The fourth-order valence-corrected chi connectivity index (χ4v) is 2.97. The second-order valence-electron chi connectivity index (χ2n) is 5.56. The van der Waals surface area contributed by atoms with E-state index in [9.17, 15) is 0 Å². The van der Waals surface area contributed by atoms with Crippen LogP contribution in [0.2, 0.25) is 0 Å². The SMILES string of the molecule is CC(C)N1CCC2(CC1)Cc1cccnc1O2. The maximum Gasteiger partial charge on any atom is 0.217 e. The molecule has 1 saturated heterocycles. The van der Waals surface area contributed by atoms with Gasteiger partial charge < -0.3 is 9.64 Å². The van der Waals surface area contributed by atoms with E-state index in [1.165, 1.54) is 5.56 Å². The Balaban J connectivity index is 1.72. The van der Waals surface area contributed by atoms with Crippen LogP contribution in [0.5, 0.6) is 5.88 Å². The molecule has 0 N–H and O–H groups in total. The zero-order valence-corrected chi connectivity index (χ0v) is 10.6. The molecule has 17 heavy (non-hydrogen) atoms. The van der Waals surface area contributed by atoms with E-state index in [1.54, 1.807) is 0 Å². The summed E-state index contributed by atoms with van der Waals surface area (Å²) < 4.78 is 6.13. The fourth-order valence-electron chi connectivity index (χ4n) is 2.97. The molecule has 0 radical (unpaired) electrons. The number of rotatable bonds is 1. The largest absolute Gasteiger partial charge is 0.470 e. The molecule has 3 heterocycles. The first-order chi connectivity index (χ1) is 8.19. The molecular formula is C14H20N2O. The zero-order valence-electron chi connectivity index (χ0n) is 10.6. The van der Waals surface area contributed by atoms with Crippen molar-refractivity contribution in [1.29, 1.82) is 0 Å². The van der Waals surface area contributed by atoms with Gasteiger partial charge in [-0.3, -0.25) is 0 Å². The lowest BCUT2D eigenvalue weighted by molar-refractivity contribution is 0.00794. The van der Waals surface area contributed by atoms with E-state index < -0.39 is 0 Å². The molecule has 2 aliphatic rings. The van der Waals surface area contributed by atoms with Crippen molar-refractivity contribution in [3.63, 3.8) is 0 Å². The van der Waals surface area contributed by atoms with Crippen LogP contribution < -0.4 is 4.74 Å². The van der Waals surface area contributed by atoms with Gasteiger partial charge in [-0.15, -0.1) is 0 Å². The van der Waals surface area contributed by atoms with E-state index >= 15 is 0 Å². The van der Waals surface area contributed by atoms with E-state index in [4.69, 9.17) is 4.74 Å². The standard InChI is InChI=1S/C14H20N2O/c1-11(2)16-8-5-14(6-9-16)10-12-4-3-7-15-13(12)17-14/h3-4,7,11H,5-6,8-10H2,1-2H3. The maximum atomic E-state index is 6.13. The lowest BCUT2D eigenvalue weighted by Gasteiger charge is -2.40. The number of pyridine rings is 1. The Kier molecular flexibility index (Phi) is 2.58. The Labute approximate surface area is 103 Å². The highest BCUT2D eigenvalue weighted by molar-refractivity contribution is 5.33. The van der Waals surface area contributed by atoms with Gasteiger partial charge in [0.15, 0.2) is 0 Å². The monoisotopic (exact) mass is 232 g/mol. The normalized spacial score (nSPS) is 22.8. The van der Waals surface area contributed by atoms with Crippen molar-refractivity contribution in [2.75, 3.05) is 13.1 Å². The Bertz CT molecular complexity index is 381. The Morgan fingerprint density at radius 2 is 2.12 bits per heavy atom. The quantitative estimate of drug-likeness (QED) is 0.742. The predicted molar refractivity (Wildman–Crippen MR) is 67.2 cm³/mol. The molecule has 92 valence electrons. The van der Waals surface area contributed by atoms with Gasteiger partial charge >= 0.3 is 0 Å². The van der Waals surface area contributed by atoms with Crippen LogP contribution in [0.25, 0.3) is 0 Å². The van der Waals surface area contributed by atoms with Crippen LogP contribution in [-0.4, -0.2) is 34.6 Å². The lowest BCUT2D eigenvalue weighted by Crippen LogP contribution is -2.49. The Hall–Kier alpha value is -1.09. The van der Waals surface area contributed by atoms with Crippen LogP contribution >= 0.6 is 0 Å². The van der Waals surface area contributed by atoms with Crippen molar-refractivity contribution in [2.24, 2.45) is 0 Å². The third kappa shape index (κ3) is 1.93. The molecular weight excluding hydrogens is 212 g/mol. The first kappa shape index (κ1) is 11.0. The summed E-state index contributed by atoms with van der Waals surface area (Å²) in [7, 11) is 0. The summed E-state index contributed by atoms with van der Waals surface area (Å²) in [6.45, 7) is 6.82. The molecule has 1 aromatic rings. The van der Waals surface area contributed by atoms with Crippen LogP contribution in [-0.2, 0) is 6.42 Å². The molecule has 1 aromatic heterocycles. The van der Waals surface area contributed by atoms with Gasteiger partial charge in [-0.25, -0.2) is 4.98 Å².